The molecule has 0 aliphatic rings. The van der Waals surface area contributed by atoms with E-state index >= 15 is 0 Å². The van der Waals surface area contributed by atoms with Gasteiger partial charge >= 0.3 is 0 Å². The second kappa shape index (κ2) is 13.7. The largest absolute Gasteiger partial charge is 0.356 e. The second-order valence-corrected chi connectivity index (χ2v) is 5.78. The molecule has 0 aliphatic heterocycles. The van der Waals surface area contributed by atoms with Crippen LogP contribution in [0, 0.1) is 0 Å². The molecule has 3 amide bonds. The number of carbonyl (C=O) groups is 3. The third kappa shape index (κ3) is 11.8. The highest BCUT2D eigenvalue weighted by Gasteiger charge is 2.12. The first-order chi connectivity index (χ1) is 11.4. The molecule has 0 aromatic rings. The highest BCUT2D eigenvalue weighted by Crippen LogP contribution is 2.01. The monoisotopic (exact) mass is 345 g/mol. The minimum Gasteiger partial charge on any atom is -0.356 e. The fourth-order valence-electron chi connectivity index (χ4n) is 2.02. The Bertz CT molecular complexity index is 390. The molecule has 0 aliphatic carbocycles. The summed E-state index contributed by atoms with van der Waals surface area (Å²) in [7, 11) is 0. The number of nitrogens with one attached hydrogen (secondary N) is 1. The molecular formula is C16H31N3O5. The van der Waals surface area contributed by atoms with Crippen molar-refractivity contribution in [1.82, 2.24) is 15.4 Å². The number of rotatable bonds is 13. The quantitative estimate of drug-likeness (QED) is 0.267. The van der Waals surface area contributed by atoms with Gasteiger partial charge in [-0.2, -0.15) is 0 Å². The number of unbranched alkanes of at least 4 members (excludes halogenated alkanes) is 4. The van der Waals surface area contributed by atoms with Gasteiger partial charge in [0, 0.05) is 39.4 Å². The molecule has 0 bridgehead atoms. The molecule has 8 heteroatoms. The highest BCUT2D eigenvalue weighted by atomic mass is 16.5. The first-order valence-corrected chi connectivity index (χ1v) is 8.61. The summed E-state index contributed by atoms with van der Waals surface area (Å²) in [6, 6.07) is 0. The van der Waals surface area contributed by atoms with Gasteiger partial charge in [-0.05, 0) is 25.7 Å². The Morgan fingerprint density at radius 1 is 0.875 bits per heavy atom. The van der Waals surface area contributed by atoms with E-state index in [0.29, 0.717) is 29.6 Å². The minimum atomic E-state index is -0.437. The lowest BCUT2D eigenvalue weighted by Crippen LogP contribution is -2.31. The van der Waals surface area contributed by atoms with Gasteiger partial charge in [0.25, 0.3) is 0 Å². The summed E-state index contributed by atoms with van der Waals surface area (Å²) in [6.07, 6.45) is 4.91. The highest BCUT2D eigenvalue weighted by molar-refractivity contribution is 5.83. The van der Waals surface area contributed by atoms with Gasteiger partial charge in [-0.3, -0.25) is 24.8 Å². The molecule has 0 radical (unpaired) electrons. The molecule has 0 saturated heterocycles. The van der Waals surface area contributed by atoms with Gasteiger partial charge < -0.3 is 5.32 Å². The van der Waals surface area contributed by atoms with E-state index in [1.54, 1.807) is 0 Å². The first kappa shape index (κ1) is 22.3. The summed E-state index contributed by atoms with van der Waals surface area (Å²) in [4.78, 5) is 34.0. The maximum atomic E-state index is 11.6. The molecule has 0 fully saturated rings. The molecule has 0 aromatic heterocycles. The molecule has 0 spiro atoms. The molecule has 8 nitrogen and oxygen atoms in total. The Labute approximate surface area is 143 Å². The molecule has 3 N–H and O–H groups in total. The normalized spacial score (nSPS) is 10.3. The lowest BCUT2D eigenvalue weighted by Gasteiger charge is -2.14. The van der Waals surface area contributed by atoms with Crippen LogP contribution in [0.25, 0.3) is 0 Å². The van der Waals surface area contributed by atoms with Crippen molar-refractivity contribution in [2.24, 2.45) is 0 Å². The van der Waals surface area contributed by atoms with E-state index in [9.17, 15) is 19.6 Å². The minimum absolute atomic E-state index is 0.00740. The summed E-state index contributed by atoms with van der Waals surface area (Å²) in [5.41, 5.74) is 0. The van der Waals surface area contributed by atoms with Crippen molar-refractivity contribution in [2.75, 3.05) is 19.6 Å². The standard InChI is InChI=1S/C16H31N3O5/c1-3-4-7-13-19(24)16(22)10-9-15(21)17-11-6-5-8-12-18(23)14(2)20/h23-24H,3-13H2,1-2H3,(H,17,21). The van der Waals surface area contributed by atoms with E-state index in [1.165, 1.54) is 6.92 Å². The van der Waals surface area contributed by atoms with Crippen LogP contribution in [-0.2, 0) is 14.4 Å². The summed E-state index contributed by atoms with van der Waals surface area (Å²) >= 11 is 0. The van der Waals surface area contributed by atoms with Gasteiger partial charge in [-0.15, -0.1) is 0 Å². The van der Waals surface area contributed by atoms with Crippen LogP contribution in [0.15, 0.2) is 0 Å². The van der Waals surface area contributed by atoms with Crippen LogP contribution in [0.4, 0.5) is 0 Å². The van der Waals surface area contributed by atoms with Crippen LogP contribution in [0.3, 0.4) is 0 Å². The van der Waals surface area contributed by atoms with Gasteiger partial charge in [-0.1, -0.05) is 19.8 Å². The third-order valence-electron chi connectivity index (χ3n) is 3.56. The number of hydroxylamine groups is 4. The van der Waals surface area contributed by atoms with Crippen molar-refractivity contribution in [3.8, 4) is 0 Å². The molecule has 0 saturated carbocycles. The number of hydrogen-bond donors (Lipinski definition) is 3. The number of nitrogens with zero attached hydrogens (tertiary/aromatic N) is 2. The Morgan fingerprint density at radius 2 is 1.50 bits per heavy atom. The maximum absolute atomic E-state index is 11.6. The Kier molecular flexibility index (Phi) is 12.8. The van der Waals surface area contributed by atoms with E-state index in [2.05, 4.69) is 5.32 Å². The van der Waals surface area contributed by atoms with Gasteiger partial charge in [-0.25, -0.2) is 10.1 Å². The van der Waals surface area contributed by atoms with Crippen LogP contribution in [0.5, 0.6) is 0 Å². The van der Waals surface area contributed by atoms with Gasteiger partial charge in [0.1, 0.15) is 0 Å². The molecular weight excluding hydrogens is 314 g/mol. The Morgan fingerprint density at radius 3 is 2.12 bits per heavy atom. The van der Waals surface area contributed by atoms with Gasteiger partial charge in [0.15, 0.2) is 0 Å². The van der Waals surface area contributed by atoms with E-state index in [-0.39, 0.29) is 31.2 Å². The van der Waals surface area contributed by atoms with E-state index < -0.39 is 5.91 Å². The van der Waals surface area contributed by atoms with Crippen molar-refractivity contribution >= 4 is 17.7 Å². The van der Waals surface area contributed by atoms with Crippen molar-refractivity contribution in [1.29, 1.82) is 0 Å². The average Bonchev–Trinajstić information content (AvgIpc) is 2.55. The van der Waals surface area contributed by atoms with Crippen molar-refractivity contribution in [3.05, 3.63) is 0 Å². The van der Waals surface area contributed by atoms with Crippen LogP contribution in [0.1, 0.15) is 65.2 Å². The number of hydrogen-bond acceptors (Lipinski definition) is 5. The van der Waals surface area contributed by atoms with Crippen molar-refractivity contribution < 1.29 is 24.8 Å². The number of carbonyl (C=O) groups excluding carboxylic acids is 3. The van der Waals surface area contributed by atoms with Crippen LogP contribution in [-0.4, -0.2) is 57.9 Å². The second-order valence-electron chi connectivity index (χ2n) is 5.78. The SMILES string of the molecule is CCCCCN(O)C(=O)CCC(=O)NCCCCCN(O)C(C)=O. The lowest BCUT2D eigenvalue weighted by molar-refractivity contribution is -0.166. The summed E-state index contributed by atoms with van der Waals surface area (Å²) in [5.74, 6) is -1.05. The van der Waals surface area contributed by atoms with Crippen LogP contribution >= 0.6 is 0 Å². The lowest BCUT2D eigenvalue weighted by atomic mass is 10.2. The zero-order valence-electron chi connectivity index (χ0n) is 14.8. The molecule has 0 atom stereocenters. The molecule has 24 heavy (non-hydrogen) atoms. The average molecular weight is 345 g/mol. The topological polar surface area (TPSA) is 110 Å². The zero-order valence-corrected chi connectivity index (χ0v) is 14.8. The summed E-state index contributed by atoms with van der Waals surface area (Å²) in [6.45, 7) is 4.40. The molecule has 0 unspecified atom stereocenters. The fourth-order valence-corrected chi connectivity index (χ4v) is 2.02. The third-order valence-corrected chi connectivity index (χ3v) is 3.56. The van der Waals surface area contributed by atoms with E-state index in [1.807, 2.05) is 6.92 Å². The van der Waals surface area contributed by atoms with Crippen LogP contribution in [0.2, 0.25) is 0 Å². The van der Waals surface area contributed by atoms with Crippen LogP contribution < -0.4 is 5.32 Å². The Balaban J connectivity index is 3.62. The molecule has 0 aromatic carbocycles. The molecule has 140 valence electrons. The molecule has 0 heterocycles. The summed E-state index contributed by atoms with van der Waals surface area (Å²) < 4.78 is 0. The number of amides is 3. The van der Waals surface area contributed by atoms with Crippen molar-refractivity contribution in [2.45, 2.75) is 65.2 Å². The van der Waals surface area contributed by atoms with Gasteiger partial charge in [0.2, 0.25) is 17.7 Å². The van der Waals surface area contributed by atoms with Crippen molar-refractivity contribution in [3.63, 3.8) is 0 Å². The Hall–Kier alpha value is -1.67. The fraction of sp³-hybridized carbons (Fsp3) is 0.812. The molecule has 0 rings (SSSR count). The predicted octanol–water partition coefficient (Wildman–Crippen LogP) is 1.70. The first-order valence-electron chi connectivity index (χ1n) is 8.61. The zero-order chi connectivity index (χ0) is 18.4. The smallest absolute Gasteiger partial charge is 0.246 e. The van der Waals surface area contributed by atoms with Gasteiger partial charge in [0.05, 0.1) is 0 Å². The van der Waals surface area contributed by atoms with E-state index in [0.717, 1.165) is 32.1 Å². The summed E-state index contributed by atoms with van der Waals surface area (Å²) in [5, 5.41) is 22.8. The maximum Gasteiger partial charge on any atom is 0.246 e. The van der Waals surface area contributed by atoms with E-state index in [4.69, 9.17) is 5.21 Å². The predicted molar refractivity (Wildman–Crippen MR) is 88.3 cm³/mol.